The first-order valence-electron chi connectivity index (χ1n) is 8.86. The van der Waals surface area contributed by atoms with Gasteiger partial charge in [-0.15, -0.1) is 0 Å². The van der Waals surface area contributed by atoms with Gasteiger partial charge in [-0.3, -0.25) is 9.59 Å². The van der Waals surface area contributed by atoms with Crippen molar-refractivity contribution in [1.82, 2.24) is 10.6 Å². The topological polar surface area (TPSA) is 76.7 Å². The zero-order valence-corrected chi connectivity index (χ0v) is 16.2. The van der Waals surface area contributed by atoms with Gasteiger partial charge in [0.05, 0.1) is 7.11 Å². The van der Waals surface area contributed by atoms with Crippen LogP contribution in [0.15, 0.2) is 36.4 Å². The summed E-state index contributed by atoms with van der Waals surface area (Å²) < 4.78 is 10.8. The van der Waals surface area contributed by atoms with Crippen LogP contribution in [0.5, 0.6) is 11.5 Å². The normalized spacial score (nSPS) is 10.2. The monoisotopic (exact) mass is 370 g/mol. The molecule has 0 aliphatic rings. The summed E-state index contributed by atoms with van der Waals surface area (Å²) in [5.41, 5.74) is 3.60. The lowest BCUT2D eigenvalue weighted by Gasteiger charge is -2.13. The first kappa shape index (κ1) is 20.3. The molecule has 0 aliphatic carbocycles. The van der Waals surface area contributed by atoms with E-state index in [1.54, 1.807) is 12.1 Å². The number of nitrogens with one attached hydrogen (secondary N) is 2. The third-order valence-corrected chi connectivity index (χ3v) is 4.04. The van der Waals surface area contributed by atoms with Gasteiger partial charge in [0.2, 0.25) is 0 Å². The molecule has 6 heteroatoms. The number of carbonyl (C=O) groups is 2. The molecule has 6 nitrogen and oxygen atoms in total. The lowest BCUT2D eigenvalue weighted by Crippen LogP contribution is -2.28. The number of carbonyl (C=O) groups excluding carboxylic acids is 2. The third kappa shape index (κ3) is 5.74. The average Bonchev–Trinajstić information content (AvgIpc) is 2.65. The summed E-state index contributed by atoms with van der Waals surface area (Å²) in [7, 11) is 1.53. The molecule has 0 spiro atoms. The summed E-state index contributed by atoms with van der Waals surface area (Å²) in [5.74, 6) is 0.679. The van der Waals surface area contributed by atoms with Crippen molar-refractivity contribution in [1.29, 1.82) is 0 Å². The van der Waals surface area contributed by atoms with Gasteiger partial charge in [0.25, 0.3) is 11.8 Å². The van der Waals surface area contributed by atoms with Crippen molar-refractivity contribution in [2.45, 2.75) is 27.3 Å². The predicted molar refractivity (Wildman–Crippen MR) is 104 cm³/mol. The van der Waals surface area contributed by atoms with Gasteiger partial charge < -0.3 is 20.1 Å². The molecule has 2 N–H and O–H groups in total. The summed E-state index contributed by atoms with van der Waals surface area (Å²) in [5, 5.41) is 5.58. The number of benzene rings is 2. The van der Waals surface area contributed by atoms with Crippen LogP contribution in [-0.2, 0) is 11.3 Å². The standard InChI is InChI=1S/C21H26N2O4/c1-5-22-20(24)13-27-18-9-7-16(11-19(18)26-4)12-23-21(25)17-8-6-14(2)10-15(17)3/h6-11H,5,12-13H2,1-4H3,(H,22,24)(H,23,25). The highest BCUT2D eigenvalue weighted by Crippen LogP contribution is 2.28. The van der Waals surface area contributed by atoms with Crippen molar-refractivity contribution in [2.24, 2.45) is 0 Å². The third-order valence-electron chi connectivity index (χ3n) is 4.04. The molecule has 2 rings (SSSR count). The summed E-state index contributed by atoms with van der Waals surface area (Å²) >= 11 is 0. The van der Waals surface area contributed by atoms with Crippen LogP contribution in [0.25, 0.3) is 0 Å². The van der Waals surface area contributed by atoms with Gasteiger partial charge in [0.1, 0.15) is 0 Å². The number of rotatable bonds is 8. The van der Waals surface area contributed by atoms with E-state index < -0.39 is 0 Å². The van der Waals surface area contributed by atoms with Crippen molar-refractivity contribution in [3.8, 4) is 11.5 Å². The van der Waals surface area contributed by atoms with Crippen molar-refractivity contribution in [3.63, 3.8) is 0 Å². The quantitative estimate of drug-likeness (QED) is 0.749. The highest BCUT2D eigenvalue weighted by molar-refractivity contribution is 5.95. The molecule has 0 aliphatic heterocycles. The minimum atomic E-state index is -0.190. The van der Waals surface area contributed by atoms with Gasteiger partial charge in [0.15, 0.2) is 18.1 Å². The van der Waals surface area contributed by atoms with Crippen LogP contribution in [0.1, 0.15) is 34.0 Å². The average molecular weight is 370 g/mol. The fourth-order valence-electron chi connectivity index (χ4n) is 2.68. The van der Waals surface area contributed by atoms with E-state index in [1.807, 2.05) is 45.0 Å². The summed E-state index contributed by atoms with van der Waals surface area (Å²) in [6.45, 7) is 6.60. The van der Waals surface area contributed by atoms with Crippen molar-refractivity contribution in [3.05, 3.63) is 58.7 Å². The second-order valence-electron chi connectivity index (χ2n) is 6.23. The zero-order valence-electron chi connectivity index (χ0n) is 16.2. The molecule has 2 aromatic rings. The Morgan fingerprint density at radius 3 is 2.44 bits per heavy atom. The molecule has 0 aromatic heterocycles. The van der Waals surface area contributed by atoms with Crippen LogP contribution in [-0.4, -0.2) is 32.1 Å². The van der Waals surface area contributed by atoms with E-state index in [0.29, 0.717) is 30.2 Å². The van der Waals surface area contributed by atoms with E-state index in [0.717, 1.165) is 16.7 Å². The first-order valence-corrected chi connectivity index (χ1v) is 8.86. The molecule has 0 radical (unpaired) electrons. The Balaban J connectivity index is 2.00. The Hall–Kier alpha value is -3.02. The Kier molecular flexibility index (Phi) is 7.23. The number of hydrogen-bond donors (Lipinski definition) is 2. The van der Waals surface area contributed by atoms with Crippen molar-refractivity contribution in [2.75, 3.05) is 20.3 Å². The fourth-order valence-corrected chi connectivity index (χ4v) is 2.68. The van der Waals surface area contributed by atoms with Crippen LogP contribution in [0.4, 0.5) is 0 Å². The van der Waals surface area contributed by atoms with Gasteiger partial charge in [-0.05, 0) is 50.1 Å². The minimum absolute atomic E-state index is 0.0764. The summed E-state index contributed by atoms with van der Waals surface area (Å²) in [6.07, 6.45) is 0. The predicted octanol–water partition coefficient (Wildman–Crippen LogP) is 2.76. The fraction of sp³-hybridized carbons (Fsp3) is 0.333. The molecule has 0 saturated heterocycles. The Labute approximate surface area is 159 Å². The van der Waals surface area contributed by atoms with Crippen LogP contribution < -0.4 is 20.1 Å². The number of likely N-dealkylation sites (N-methyl/N-ethyl adjacent to an activating group) is 1. The number of hydrogen-bond acceptors (Lipinski definition) is 4. The first-order chi connectivity index (χ1) is 12.9. The molecular formula is C21H26N2O4. The molecule has 0 atom stereocenters. The van der Waals surface area contributed by atoms with Gasteiger partial charge in [-0.25, -0.2) is 0 Å². The maximum absolute atomic E-state index is 12.4. The smallest absolute Gasteiger partial charge is 0.257 e. The van der Waals surface area contributed by atoms with Gasteiger partial charge >= 0.3 is 0 Å². The Morgan fingerprint density at radius 2 is 1.78 bits per heavy atom. The van der Waals surface area contributed by atoms with E-state index in [2.05, 4.69) is 10.6 Å². The highest BCUT2D eigenvalue weighted by Gasteiger charge is 2.11. The van der Waals surface area contributed by atoms with E-state index in [4.69, 9.17) is 9.47 Å². The molecule has 0 bridgehead atoms. The van der Waals surface area contributed by atoms with Crippen LogP contribution in [0, 0.1) is 13.8 Å². The largest absolute Gasteiger partial charge is 0.493 e. The zero-order chi connectivity index (χ0) is 19.8. The van der Waals surface area contributed by atoms with E-state index in [-0.39, 0.29) is 18.4 Å². The van der Waals surface area contributed by atoms with E-state index >= 15 is 0 Å². The summed E-state index contributed by atoms with van der Waals surface area (Å²) in [6, 6.07) is 11.1. The van der Waals surface area contributed by atoms with Gasteiger partial charge in [-0.2, -0.15) is 0 Å². The molecule has 0 saturated carbocycles. The number of ether oxygens (including phenoxy) is 2. The van der Waals surface area contributed by atoms with E-state index in [1.165, 1.54) is 7.11 Å². The van der Waals surface area contributed by atoms with Crippen molar-refractivity contribution >= 4 is 11.8 Å². The lowest BCUT2D eigenvalue weighted by molar-refractivity contribution is -0.123. The molecule has 144 valence electrons. The maximum Gasteiger partial charge on any atom is 0.257 e. The Bertz CT molecular complexity index is 818. The second kappa shape index (κ2) is 9.62. The summed E-state index contributed by atoms with van der Waals surface area (Å²) in [4.78, 5) is 23.9. The number of aryl methyl sites for hydroxylation is 2. The SMILES string of the molecule is CCNC(=O)COc1ccc(CNC(=O)c2ccc(C)cc2C)cc1OC. The lowest BCUT2D eigenvalue weighted by atomic mass is 10.1. The van der Waals surface area contributed by atoms with Gasteiger partial charge in [-0.1, -0.05) is 23.8 Å². The molecule has 27 heavy (non-hydrogen) atoms. The number of amides is 2. The van der Waals surface area contributed by atoms with Crippen LogP contribution in [0.2, 0.25) is 0 Å². The molecule has 0 heterocycles. The van der Waals surface area contributed by atoms with Crippen LogP contribution in [0.3, 0.4) is 0 Å². The highest BCUT2D eigenvalue weighted by atomic mass is 16.5. The Morgan fingerprint density at radius 1 is 1.00 bits per heavy atom. The van der Waals surface area contributed by atoms with E-state index in [9.17, 15) is 9.59 Å². The maximum atomic E-state index is 12.4. The van der Waals surface area contributed by atoms with Crippen LogP contribution >= 0.6 is 0 Å². The molecule has 2 aromatic carbocycles. The molecule has 0 unspecified atom stereocenters. The minimum Gasteiger partial charge on any atom is -0.493 e. The van der Waals surface area contributed by atoms with Gasteiger partial charge in [0, 0.05) is 18.7 Å². The number of methoxy groups -OCH3 is 1. The molecule has 0 fully saturated rings. The molecular weight excluding hydrogens is 344 g/mol. The second-order valence-corrected chi connectivity index (χ2v) is 6.23. The van der Waals surface area contributed by atoms with Crippen molar-refractivity contribution < 1.29 is 19.1 Å². The molecule has 2 amide bonds.